The Kier molecular flexibility index (Phi) is 7.77. The molecule has 7 aromatic carbocycles. The number of anilines is 9. The van der Waals surface area contributed by atoms with Gasteiger partial charge in [0.05, 0.1) is 62.7 Å². The molecule has 1 aliphatic heterocycles. The number of para-hydroxylation sites is 7. The molecular weight excluding hydrogens is 687 g/mol. The fourth-order valence-corrected chi connectivity index (χ4v) is 7.88. The highest BCUT2D eigenvalue weighted by molar-refractivity contribution is 6.09. The average Bonchev–Trinajstić information content (AvgIpc) is 3.61. The van der Waals surface area contributed by atoms with Crippen LogP contribution < -0.4 is 14.7 Å². The lowest BCUT2D eigenvalue weighted by atomic mass is 10.1. The van der Waals surface area contributed by atoms with Gasteiger partial charge in [-0.25, -0.2) is 4.98 Å². The van der Waals surface area contributed by atoms with Gasteiger partial charge in [0.25, 0.3) is 0 Å². The zero-order valence-corrected chi connectivity index (χ0v) is 30.0. The van der Waals surface area contributed by atoms with Crippen molar-refractivity contribution in [1.29, 1.82) is 10.5 Å². The summed E-state index contributed by atoms with van der Waals surface area (Å²) in [5.74, 6) is 1.46. The molecule has 0 fully saturated rings. The Morgan fingerprint density at radius 2 is 0.839 bits per heavy atom. The first kappa shape index (κ1) is 32.5. The van der Waals surface area contributed by atoms with Gasteiger partial charge < -0.3 is 9.80 Å². The largest absolute Gasteiger partial charge is 0.310 e. The van der Waals surface area contributed by atoms with Crippen molar-refractivity contribution in [3.63, 3.8) is 0 Å². The number of nitrogens with zero attached hydrogens (tertiary/aromatic N) is 7. The Balaban J connectivity index is 1.28. The summed E-state index contributed by atoms with van der Waals surface area (Å²) in [4.78, 5) is 12.3. The van der Waals surface area contributed by atoms with Gasteiger partial charge in [-0.05, 0) is 97.1 Å². The molecule has 9 aromatic rings. The van der Waals surface area contributed by atoms with Gasteiger partial charge in [-0.2, -0.15) is 10.5 Å². The lowest BCUT2D eigenvalue weighted by molar-refractivity contribution is 1.05. The minimum Gasteiger partial charge on any atom is -0.310 e. The third-order valence-corrected chi connectivity index (χ3v) is 10.3. The molecule has 0 aliphatic carbocycles. The summed E-state index contributed by atoms with van der Waals surface area (Å²) in [6, 6.07) is 68.1. The number of rotatable bonds is 6. The highest BCUT2D eigenvalue weighted by Crippen LogP contribution is 2.54. The molecule has 0 saturated heterocycles. The minimum absolute atomic E-state index is 0.569. The van der Waals surface area contributed by atoms with Crippen molar-refractivity contribution in [3.05, 3.63) is 199 Å². The fourth-order valence-electron chi connectivity index (χ4n) is 7.88. The molecule has 0 bridgehead atoms. The standard InChI is InChI=1S/C49H31N7/c50-32-34-22-26-37(27-23-34)53(38-28-24-35(33-51)25-29-38)39-30-48(55-42-16-6-4-14-40(42)41-15-5-7-17-43(41)55)52-49(31-39)56-46-20-10-8-18-44(46)54(36-12-2-1-3-13-36)45-19-9-11-21-47(45)56/h1-31H. The summed E-state index contributed by atoms with van der Waals surface area (Å²) in [5.41, 5.74) is 10.9. The van der Waals surface area contributed by atoms with E-state index in [0.29, 0.717) is 11.1 Å². The van der Waals surface area contributed by atoms with Gasteiger partial charge >= 0.3 is 0 Å². The molecule has 3 heterocycles. The molecule has 1 aliphatic rings. The summed E-state index contributed by atoms with van der Waals surface area (Å²) >= 11 is 0. The maximum Gasteiger partial charge on any atom is 0.142 e. The summed E-state index contributed by atoms with van der Waals surface area (Å²) in [5, 5.41) is 21.7. The Morgan fingerprint density at radius 1 is 0.411 bits per heavy atom. The minimum atomic E-state index is 0.569. The van der Waals surface area contributed by atoms with E-state index in [0.717, 1.165) is 78.9 Å². The first-order valence-corrected chi connectivity index (χ1v) is 18.3. The maximum atomic E-state index is 9.69. The van der Waals surface area contributed by atoms with Crippen molar-refractivity contribution in [2.45, 2.75) is 0 Å². The molecule has 262 valence electrons. The number of aromatic nitrogens is 2. The second-order valence-electron chi connectivity index (χ2n) is 13.5. The number of nitriles is 2. The molecule has 7 heteroatoms. The van der Waals surface area contributed by atoms with Crippen LogP contribution in [0.2, 0.25) is 0 Å². The number of hydrogen-bond acceptors (Lipinski definition) is 6. The van der Waals surface area contributed by atoms with Crippen molar-refractivity contribution in [2.75, 3.05) is 14.7 Å². The summed E-state index contributed by atoms with van der Waals surface area (Å²) in [6.07, 6.45) is 0. The fraction of sp³-hybridized carbons (Fsp3) is 0. The van der Waals surface area contributed by atoms with Gasteiger partial charge in [-0.3, -0.25) is 9.47 Å². The van der Waals surface area contributed by atoms with E-state index in [2.05, 4.69) is 165 Å². The Hall–Kier alpha value is -8.13. The summed E-state index contributed by atoms with van der Waals surface area (Å²) in [7, 11) is 0. The van der Waals surface area contributed by atoms with E-state index in [4.69, 9.17) is 4.98 Å². The van der Waals surface area contributed by atoms with Crippen LogP contribution in [0.3, 0.4) is 0 Å². The molecule has 0 unspecified atom stereocenters. The number of fused-ring (bicyclic) bond motifs is 5. The third kappa shape index (κ3) is 5.31. The molecule has 56 heavy (non-hydrogen) atoms. The van der Waals surface area contributed by atoms with Crippen molar-refractivity contribution in [1.82, 2.24) is 9.55 Å². The zero-order chi connectivity index (χ0) is 37.6. The maximum absolute atomic E-state index is 9.69. The molecule has 7 nitrogen and oxygen atoms in total. The predicted octanol–water partition coefficient (Wildman–Crippen LogP) is 12.6. The second kappa shape index (κ2) is 13.4. The van der Waals surface area contributed by atoms with Gasteiger partial charge in [0.15, 0.2) is 0 Å². The van der Waals surface area contributed by atoms with Crippen molar-refractivity contribution >= 4 is 73.1 Å². The molecule has 0 spiro atoms. The molecule has 10 rings (SSSR count). The van der Waals surface area contributed by atoms with E-state index < -0.39 is 0 Å². The number of hydrogen-bond donors (Lipinski definition) is 0. The molecule has 0 N–H and O–H groups in total. The van der Waals surface area contributed by atoms with Gasteiger partial charge in [0.2, 0.25) is 0 Å². The number of benzene rings is 7. The number of pyridine rings is 1. The SMILES string of the molecule is N#Cc1ccc(N(c2ccc(C#N)cc2)c2cc(N3c4ccccc4N(c4ccccc4)c4ccccc43)nc(-n3c4ccccc4c4ccccc43)c2)cc1. The lowest BCUT2D eigenvalue weighted by Crippen LogP contribution is -2.25. The third-order valence-electron chi connectivity index (χ3n) is 10.3. The van der Waals surface area contributed by atoms with Crippen LogP contribution in [-0.4, -0.2) is 9.55 Å². The lowest BCUT2D eigenvalue weighted by Gasteiger charge is -2.40. The van der Waals surface area contributed by atoms with Crippen molar-refractivity contribution in [2.24, 2.45) is 0 Å². The Morgan fingerprint density at radius 3 is 1.34 bits per heavy atom. The van der Waals surface area contributed by atoms with Crippen LogP contribution in [0.4, 0.5) is 51.3 Å². The van der Waals surface area contributed by atoms with Crippen LogP contribution in [0, 0.1) is 22.7 Å². The van der Waals surface area contributed by atoms with Crippen LogP contribution in [0.5, 0.6) is 0 Å². The Bertz CT molecular complexity index is 2850. The van der Waals surface area contributed by atoms with Gasteiger partial charge in [0.1, 0.15) is 11.6 Å². The van der Waals surface area contributed by atoms with E-state index in [1.165, 1.54) is 0 Å². The monoisotopic (exact) mass is 717 g/mol. The molecule has 0 saturated carbocycles. The van der Waals surface area contributed by atoms with E-state index in [1.807, 2.05) is 54.6 Å². The van der Waals surface area contributed by atoms with E-state index in [-0.39, 0.29) is 0 Å². The molecule has 0 atom stereocenters. The predicted molar refractivity (Wildman–Crippen MR) is 226 cm³/mol. The van der Waals surface area contributed by atoms with Crippen molar-refractivity contribution in [3.8, 4) is 18.0 Å². The first-order chi connectivity index (χ1) is 27.7. The van der Waals surface area contributed by atoms with Crippen LogP contribution >= 0.6 is 0 Å². The van der Waals surface area contributed by atoms with Crippen LogP contribution in [-0.2, 0) is 0 Å². The van der Waals surface area contributed by atoms with E-state index in [1.54, 1.807) is 0 Å². The zero-order valence-electron chi connectivity index (χ0n) is 30.0. The van der Waals surface area contributed by atoms with Gasteiger partial charge in [-0.1, -0.05) is 78.9 Å². The quantitative estimate of drug-likeness (QED) is 0.170. The average molecular weight is 718 g/mol. The molecule has 2 aromatic heterocycles. The molecule has 0 radical (unpaired) electrons. The first-order valence-electron chi connectivity index (χ1n) is 18.3. The molecular formula is C49H31N7. The topological polar surface area (TPSA) is 75.1 Å². The van der Waals surface area contributed by atoms with Crippen molar-refractivity contribution < 1.29 is 0 Å². The highest BCUT2D eigenvalue weighted by atomic mass is 15.3. The highest BCUT2D eigenvalue weighted by Gasteiger charge is 2.32. The summed E-state index contributed by atoms with van der Waals surface area (Å²) < 4.78 is 2.24. The smallest absolute Gasteiger partial charge is 0.142 e. The van der Waals surface area contributed by atoms with E-state index >= 15 is 0 Å². The Labute approximate surface area is 324 Å². The van der Waals surface area contributed by atoms with Crippen LogP contribution in [0.1, 0.15) is 11.1 Å². The van der Waals surface area contributed by atoms with Crippen LogP contribution in [0.25, 0.3) is 27.6 Å². The van der Waals surface area contributed by atoms with Gasteiger partial charge in [0, 0.05) is 40.0 Å². The molecule has 0 amide bonds. The normalized spacial score (nSPS) is 11.8. The van der Waals surface area contributed by atoms with E-state index in [9.17, 15) is 10.5 Å². The van der Waals surface area contributed by atoms with Gasteiger partial charge in [-0.15, -0.1) is 0 Å². The second-order valence-corrected chi connectivity index (χ2v) is 13.5. The summed E-state index contributed by atoms with van der Waals surface area (Å²) in [6.45, 7) is 0. The van der Waals surface area contributed by atoms with Crippen LogP contribution in [0.15, 0.2) is 188 Å².